The first-order chi connectivity index (χ1) is 9.97. The molecular weight excluding hydrogens is 347 g/mol. The van der Waals surface area contributed by atoms with Crippen LogP contribution in [0.5, 0.6) is 5.75 Å². The molecule has 2 nitrogen and oxygen atoms in total. The van der Waals surface area contributed by atoms with Crippen molar-refractivity contribution >= 4 is 21.6 Å². The van der Waals surface area contributed by atoms with Gasteiger partial charge < -0.3 is 10.1 Å². The zero-order valence-corrected chi connectivity index (χ0v) is 12.7. The molecule has 0 aliphatic heterocycles. The van der Waals surface area contributed by atoms with Crippen molar-refractivity contribution in [2.24, 2.45) is 0 Å². The van der Waals surface area contributed by atoms with Gasteiger partial charge in [-0.3, -0.25) is 0 Å². The van der Waals surface area contributed by atoms with Crippen LogP contribution in [0.2, 0.25) is 0 Å². The normalized spacial score (nSPS) is 12.3. The highest BCUT2D eigenvalue weighted by atomic mass is 79.9. The monoisotopic (exact) mass is 359 g/mol. The number of halogens is 4. The zero-order chi connectivity index (χ0) is 15.4. The third-order valence-electron chi connectivity index (χ3n) is 2.90. The molecule has 0 saturated carbocycles. The van der Waals surface area contributed by atoms with Crippen LogP contribution in [0, 0.1) is 5.82 Å². The van der Waals surface area contributed by atoms with E-state index in [-0.39, 0.29) is 11.4 Å². The largest absolute Gasteiger partial charge is 0.434 e. The lowest BCUT2D eigenvalue weighted by atomic mass is 10.1. The lowest BCUT2D eigenvalue weighted by molar-refractivity contribution is -0.0505. The number of ether oxygens (including phenoxy) is 1. The summed E-state index contributed by atoms with van der Waals surface area (Å²) in [5.41, 5.74) is 0.817. The smallest absolute Gasteiger partial charge is 0.387 e. The van der Waals surface area contributed by atoms with Crippen LogP contribution < -0.4 is 10.1 Å². The number of nitrogens with one attached hydrogen (secondary N) is 1. The summed E-state index contributed by atoms with van der Waals surface area (Å²) in [6, 6.07) is 10.6. The van der Waals surface area contributed by atoms with E-state index in [0.717, 1.165) is 0 Å². The Morgan fingerprint density at radius 2 is 1.86 bits per heavy atom. The predicted molar refractivity (Wildman–Crippen MR) is 79.2 cm³/mol. The molecule has 0 fully saturated rings. The van der Waals surface area contributed by atoms with Gasteiger partial charge in [-0.2, -0.15) is 8.78 Å². The van der Waals surface area contributed by atoms with Crippen LogP contribution in [0.4, 0.5) is 18.9 Å². The minimum atomic E-state index is -2.90. The molecular formula is C15H13BrF3NO. The summed E-state index contributed by atoms with van der Waals surface area (Å²) in [5.74, 6) is -0.353. The first-order valence-corrected chi connectivity index (χ1v) is 7.02. The van der Waals surface area contributed by atoms with Gasteiger partial charge in [0.1, 0.15) is 11.6 Å². The van der Waals surface area contributed by atoms with Gasteiger partial charge in [-0.1, -0.05) is 34.1 Å². The van der Waals surface area contributed by atoms with Crippen molar-refractivity contribution in [3.05, 3.63) is 58.3 Å². The molecule has 0 aromatic heterocycles. The van der Waals surface area contributed by atoms with Crippen molar-refractivity contribution in [3.63, 3.8) is 0 Å². The Balaban J connectivity index is 2.22. The first kappa shape index (κ1) is 15.7. The fourth-order valence-corrected chi connectivity index (χ4v) is 2.29. The molecule has 6 heteroatoms. The van der Waals surface area contributed by atoms with Crippen molar-refractivity contribution in [2.45, 2.75) is 19.6 Å². The maximum Gasteiger partial charge on any atom is 0.387 e. The van der Waals surface area contributed by atoms with E-state index in [0.29, 0.717) is 10.0 Å². The molecule has 0 saturated heterocycles. The Morgan fingerprint density at radius 1 is 1.14 bits per heavy atom. The number of anilines is 1. The lowest BCUT2D eigenvalue weighted by Crippen LogP contribution is -2.11. The van der Waals surface area contributed by atoms with Crippen LogP contribution in [-0.2, 0) is 0 Å². The van der Waals surface area contributed by atoms with Gasteiger partial charge in [-0.25, -0.2) is 4.39 Å². The van der Waals surface area contributed by atoms with Crippen LogP contribution >= 0.6 is 15.9 Å². The average Bonchev–Trinajstić information content (AvgIpc) is 2.42. The fraction of sp³-hybridized carbons (Fsp3) is 0.200. The Morgan fingerprint density at radius 3 is 2.52 bits per heavy atom. The SMILES string of the molecule is CC(Nc1ccc(Br)cc1F)c1ccccc1OC(F)F. The molecule has 0 bridgehead atoms. The van der Waals surface area contributed by atoms with Gasteiger partial charge in [-0.05, 0) is 31.2 Å². The molecule has 0 spiro atoms. The van der Waals surface area contributed by atoms with Gasteiger partial charge in [-0.15, -0.1) is 0 Å². The fourth-order valence-electron chi connectivity index (χ4n) is 1.96. The van der Waals surface area contributed by atoms with E-state index in [1.54, 1.807) is 37.3 Å². The van der Waals surface area contributed by atoms with Crippen LogP contribution in [-0.4, -0.2) is 6.61 Å². The van der Waals surface area contributed by atoms with Gasteiger partial charge >= 0.3 is 6.61 Å². The molecule has 0 heterocycles. The molecule has 1 atom stereocenters. The molecule has 1 N–H and O–H groups in total. The van der Waals surface area contributed by atoms with Gasteiger partial charge in [0, 0.05) is 10.0 Å². The summed E-state index contributed by atoms with van der Waals surface area (Å²) in [6.45, 7) is -1.16. The van der Waals surface area contributed by atoms with Crippen molar-refractivity contribution in [1.29, 1.82) is 0 Å². The number of rotatable bonds is 5. The van der Waals surface area contributed by atoms with E-state index in [1.165, 1.54) is 12.1 Å². The van der Waals surface area contributed by atoms with Crippen LogP contribution in [0.3, 0.4) is 0 Å². The maximum atomic E-state index is 13.8. The highest BCUT2D eigenvalue weighted by Crippen LogP contribution is 2.30. The molecule has 2 aromatic rings. The second kappa shape index (κ2) is 6.85. The van der Waals surface area contributed by atoms with E-state index >= 15 is 0 Å². The molecule has 2 aromatic carbocycles. The standard InChI is InChI=1S/C15H13BrF3NO/c1-9(20-13-7-6-10(16)8-12(13)17)11-4-2-3-5-14(11)21-15(18)19/h2-9,15,20H,1H3. The first-order valence-electron chi connectivity index (χ1n) is 6.22. The number of benzene rings is 2. The lowest BCUT2D eigenvalue weighted by Gasteiger charge is -2.19. The third kappa shape index (κ3) is 4.14. The second-order valence-electron chi connectivity index (χ2n) is 4.41. The quantitative estimate of drug-likeness (QED) is 0.775. The molecule has 21 heavy (non-hydrogen) atoms. The molecule has 0 aliphatic carbocycles. The van der Waals surface area contributed by atoms with Crippen molar-refractivity contribution in [2.75, 3.05) is 5.32 Å². The summed E-state index contributed by atoms with van der Waals surface area (Å²) in [7, 11) is 0. The van der Waals surface area contributed by atoms with Gasteiger partial charge in [0.15, 0.2) is 0 Å². The van der Waals surface area contributed by atoms with E-state index < -0.39 is 18.5 Å². The topological polar surface area (TPSA) is 21.3 Å². The number of hydrogen-bond acceptors (Lipinski definition) is 2. The van der Waals surface area contributed by atoms with E-state index in [1.807, 2.05) is 0 Å². The second-order valence-corrected chi connectivity index (χ2v) is 5.32. The highest BCUT2D eigenvalue weighted by molar-refractivity contribution is 9.10. The van der Waals surface area contributed by atoms with Gasteiger partial charge in [0.2, 0.25) is 0 Å². The Bertz CT molecular complexity index is 622. The minimum absolute atomic E-state index is 0.0741. The minimum Gasteiger partial charge on any atom is -0.434 e. The Labute approximate surface area is 129 Å². The third-order valence-corrected chi connectivity index (χ3v) is 3.40. The van der Waals surface area contributed by atoms with Gasteiger partial charge in [0.05, 0.1) is 11.7 Å². The summed E-state index contributed by atoms with van der Waals surface area (Å²) < 4.78 is 43.7. The van der Waals surface area contributed by atoms with Crippen LogP contribution in [0.25, 0.3) is 0 Å². The van der Waals surface area contributed by atoms with Crippen molar-refractivity contribution < 1.29 is 17.9 Å². The number of para-hydroxylation sites is 1. The predicted octanol–water partition coefficient (Wildman–Crippen LogP) is 5.36. The van der Waals surface area contributed by atoms with Crippen LogP contribution in [0.15, 0.2) is 46.9 Å². The summed E-state index contributed by atoms with van der Waals surface area (Å²) in [6.07, 6.45) is 0. The Kier molecular flexibility index (Phi) is 5.12. The van der Waals surface area contributed by atoms with Crippen molar-refractivity contribution in [1.82, 2.24) is 0 Å². The average molecular weight is 360 g/mol. The molecule has 2 rings (SSSR count). The zero-order valence-electron chi connectivity index (χ0n) is 11.1. The molecule has 112 valence electrons. The maximum absolute atomic E-state index is 13.8. The highest BCUT2D eigenvalue weighted by Gasteiger charge is 2.15. The van der Waals surface area contributed by atoms with Crippen molar-refractivity contribution in [3.8, 4) is 5.75 Å². The number of hydrogen-bond donors (Lipinski definition) is 1. The molecule has 0 amide bonds. The van der Waals surface area contributed by atoms with Crippen LogP contribution in [0.1, 0.15) is 18.5 Å². The summed E-state index contributed by atoms with van der Waals surface area (Å²) in [5, 5.41) is 2.95. The number of alkyl halides is 2. The summed E-state index contributed by atoms with van der Waals surface area (Å²) in [4.78, 5) is 0. The Hall–Kier alpha value is -1.69. The van der Waals surface area contributed by atoms with E-state index in [2.05, 4.69) is 26.0 Å². The molecule has 0 aliphatic rings. The molecule has 0 radical (unpaired) electrons. The summed E-state index contributed by atoms with van der Waals surface area (Å²) >= 11 is 3.18. The van der Waals surface area contributed by atoms with E-state index in [9.17, 15) is 13.2 Å². The van der Waals surface area contributed by atoms with Gasteiger partial charge in [0.25, 0.3) is 0 Å². The molecule has 1 unspecified atom stereocenters. The van der Waals surface area contributed by atoms with E-state index in [4.69, 9.17) is 0 Å².